The average molecular weight is 345 g/mol. The molecule has 24 heavy (non-hydrogen) atoms. The van der Waals surface area contributed by atoms with Crippen molar-refractivity contribution in [3.63, 3.8) is 0 Å². The first kappa shape index (κ1) is 16.8. The van der Waals surface area contributed by atoms with Crippen molar-refractivity contribution in [2.45, 2.75) is 32.7 Å². The Morgan fingerprint density at radius 1 is 1.21 bits per heavy atom. The van der Waals surface area contributed by atoms with Crippen LogP contribution < -0.4 is 15.2 Å². The highest BCUT2D eigenvalue weighted by Crippen LogP contribution is 2.38. The Balaban J connectivity index is 2.30. The van der Waals surface area contributed by atoms with Gasteiger partial charge in [0.1, 0.15) is 11.5 Å². The zero-order valence-electron chi connectivity index (χ0n) is 14.7. The highest BCUT2D eigenvalue weighted by Gasteiger charge is 2.26. The van der Waals surface area contributed by atoms with Crippen molar-refractivity contribution < 1.29 is 9.47 Å². The summed E-state index contributed by atoms with van der Waals surface area (Å²) in [6.45, 7) is 6.91. The van der Waals surface area contributed by atoms with Gasteiger partial charge in [0, 0.05) is 22.9 Å². The average Bonchev–Trinajstić information content (AvgIpc) is 3.12. The molecule has 3 rings (SSSR count). The minimum atomic E-state index is -0.0593. The fourth-order valence-electron chi connectivity index (χ4n) is 2.91. The molecule has 6 heteroatoms. The number of benzene rings is 1. The molecule has 2 N–H and O–H groups in total. The molecule has 0 saturated heterocycles. The van der Waals surface area contributed by atoms with Crippen molar-refractivity contribution in [1.82, 2.24) is 9.38 Å². The van der Waals surface area contributed by atoms with Crippen LogP contribution in [0.25, 0.3) is 16.2 Å². The molecule has 0 amide bonds. The van der Waals surface area contributed by atoms with Crippen LogP contribution in [-0.2, 0) is 12.0 Å². The normalized spacial score (nSPS) is 11.9. The van der Waals surface area contributed by atoms with Crippen LogP contribution in [0, 0.1) is 0 Å². The van der Waals surface area contributed by atoms with E-state index in [0.717, 1.165) is 39.1 Å². The standard InChI is InChI=1S/C18H23N3O2S/c1-18(2,3)16-13(9-19)21-14(10-24-17(21)20-16)12-8-11(22-4)6-7-15(12)23-5/h6-8,10H,9,19H2,1-5H3. The van der Waals surface area contributed by atoms with Crippen LogP contribution in [0.5, 0.6) is 11.5 Å². The van der Waals surface area contributed by atoms with E-state index >= 15 is 0 Å². The number of methoxy groups -OCH3 is 2. The van der Waals surface area contributed by atoms with E-state index in [1.54, 1.807) is 25.6 Å². The monoisotopic (exact) mass is 345 g/mol. The van der Waals surface area contributed by atoms with Crippen molar-refractivity contribution in [1.29, 1.82) is 0 Å². The van der Waals surface area contributed by atoms with Gasteiger partial charge in [-0.3, -0.25) is 4.40 Å². The second kappa shape index (κ2) is 6.11. The van der Waals surface area contributed by atoms with Crippen molar-refractivity contribution in [3.8, 4) is 22.8 Å². The van der Waals surface area contributed by atoms with Gasteiger partial charge in [-0.15, -0.1) is 11.3 Å². The van der Waals surface area contributed by atoms with Gasteiger partial charge in [-0.05, 0) is 18.2 Å². The SMILES string of the molecule is COc1ccc(OC)c(-c2csc3nc(C(C)(C)C)c(CN)n23)c1. The van der Waals surface area contributed by atoms with Crippen LogP contribution in [0.15, 0.2) is 23.6 Å². The summed E-state index contributed by atoms with van der Waals surface area (Å²) < 4.78 is 13.1. The Morgan fingerprint density at radius 2 is 1.96 bits per heavy atom. The summed E-state index contributed by atoms with van der Waals surface area (Å²) in [4.78, 5) is 5.77. The third kappa shape index (κ3) is 2.65. The zero-order chi connectivity index (χ0) is 17.5. The van der Waals surface area contributed by atoms with Crippen LogP contribution in [0.2, 0.25) is 0 Å². The van der Waals surface area contributed by atoms with E-state index in [0.29, 0.717) is 6.54 Å². The topological polar surface area (TPSA) is 61.8 Å². The van der Waals surface area contributed by atoms with Gasteiger partial charge >= 0.3 is 0 Å². The van der Waals surface area contributed by atoms with Gasteiger partial charge in [0.2, 0.25) is 0 Å². The summed E-state index contributed by atoms with van der Waals surface area (Å²) in [5.41, 5.74) is 10.1. The molecule has 0 radical (unpaired) electrons. The number of fused-ring (bicyclic) bond motifs is 1. The molecule has 0 fully saturated rings. The number of rotatable bonds is 4. The molecule has 5 nitrogen and oxygen atoms in total. The molecule has 1 aromatic carbocycles. The molecule has 0 bridgehead atoms. The van der Waals surface area contributed by atoms with Crippen LogP contribution in [0.1, 0.15) is 32.2 Å². The minimum absolute atomic E-state index is 0.0593. The summed E-state index contributed by atoms with van der Waals surface area (Å²) in [7, 11) is 3.34. The van der Waals surface area contributed by atoms with E-state index in [-0.39, 0.29) is 5.41 Å². The lowest BCUT2D eigenvalue weighted by atomic mass is 9.90. The van der Waals surface area contributed by atoms with Gasteiger partial charge < -0.3 is 15.2 Å². The highest BCUT2D eigenvalue weighted by atomic mass is 32.1. The predicted molar refractivity (Wildman–Crippen MR) is 98.2 cm³/mol. The number of thiazole rings is 1. The molecule has 2 aromatic heterocycles. The molecule has 0 aliphatic heterocycles. The van der Waals surface area contributed by atoms with Gasteiger partial charge in [-0.25, -0.2) is 4.98 Å². The number of aromatic nitrogens is 2. The van der Waals surface area contributed by atoms with E-state index in [1.165, 1.54) is 0 Å². The van der Waals surface area contributed by atoms with Gasteiger partial charge in [0.05, 0.1) is 31.3 Å². The first-order valence-corrected chi connectivity index (χ1v) is 8.70. The highest BCUT2D eigenvalue weighted by molar-refractivity contribution is 7.15. The molecular formula is C18H23N3O2S. The number of hydrogen-bond donors (Lipinski definition) is 1. The van der Waals surface area contributed by atoms with Crippen molar-refractivity contribution in [2.75, 3.05) is 14.2 Å². The van der Waals surface area contributed by atoms with Crippen LogP contribution in [-0.4, -0.2) is 23.6 Å². The number of imidazole rings is 1. The molecule has 0 spiro atoms. The molecule has 0 unspecified atom stereocenters. The summed E-state index contributed by atoms with van der Waals surface area (Å²) in [6, 6.07) is 5.79. The predicted octanol–water partition coefficient (Wildman–Crippen LogP) is 3.84. The number of ether oxygens (including phenoxy) is 2. The van der Waals surface area contributed by atoms with Crippen molar-refractivity contribution in [2.24, 2.45) is 5.73 Å². The zero-order valence-corrected chi connectivity index (χ0v) is 15.5. The quantitative estimate of drug-likeness (QED) is 0.780. The van der Waals surface area contributed by atoms with E-state index in [2.05, 4.69) is 30.6 Å². The maximum absolute atomic E-state index is 6.08. The molecule has 3 aromatic rings. The molecule has 0 aliphatic carbocycles. The third-order valence-electron chi connectivity index (χ3n) is 4.05. The largest absolute Gasteiger partial charge is 0.497 e. The summed E-state index contributed by atoms with van der Waals surface area (Å²) in [5, 5.41) is 2.09. The number of hydrogen-bond acceptors (Lipinski definition) is 5. The van der Waals surface area contributed by atoms with E-state index in [4.69, 9.17) is 20.2 Å². The summed E-state index contributed by atoms with van der Waals surface area (Å²) in [5.74, 6) is 1.58. The number of nitrogens with two attached hydrogens (primary N) is 1. The lowest BCUT2D eigenvalue weighted by Gasteiger charge is -2.18. The Labute approximate surface area is 146 Å². The molecule has 128 valence electrons. The summed E-state index contributed by atoms with van der Waals surface area (Å²) in [6.07, 6.45) is 0. The lowest BCUT2D eigenvalue weighted by molar-refractivity contribution is 0.404. The van der Waals surface area contributed by atoms with Crippen LogP contribution >= 0.6 is 11.3 Å². The van der Waals surface area contributed by atoms with E-state index in [1.807, 2.05) is 18.2 Å². The molecule has 0 saturated carbocycles. The fourth-order valence-corrected chi connectivity index (χ4v) is 3.81. The smallest absolute Gasteiger partial charge is 0.194 e. The Bertz CT molecular complexity index is 874. The van der Waals surface area contributed by atoms with E-state index in [9.17, 15) is 0 Å². The van der Waals surface area contributed by atoms with E-state index < -0.39 is 0 Å². The second-order valence-corrected chi connectivity index (χ2v) is 7.50. The molecule has 2 heterocycles. The molecule has 0 aliphatic rings. The Morgan fingerprint density at radius 3 is 2.54 bits per heavy atom. The minimum Gasteiger partial charge on any atom is -0.497 e. The fraction of sp³-hybridized carbons (Fsp3) is 0.389. The van der Waals surface area contributed by atoms with Crippen molar-refractivity contribution >= 4 is 16.3 Å². The molecule has 0 atom stereocenters. The van der Waals surface area contributed by atoms with Gasteiger partial charge in [0.15, 0.2) is 4.96 Å². The first-order chi connectivity index (χ1) is 11.4. The van der Waals surface area contributed by atoms with Crippen LogP contribution in [0.4, 0.5) is 0 Å². The summed E-state index contributed by atoms with van der Waals surface area (Å²) >= 11 is 1.61. The maximum Gasteiger partial charge on any atom is 0.194 e. The molecular weight excluding hydrogens is 322 g/mol. The maximum atomic E-state index is 6.08. The van der Waals surface area contributed by atoms with Crippen molar-refractivity contribution in [3.05, 3.63) is 35.0 Å². The Kier molecular flexibility index (Phi) is 4.27. The Hall–Kier alpha value is -2.05. The number of nitrogens with zero attached hydrogens (tertiary/aromatic N) is 2. The second-order valence-electron chi connectivity index (χ2n) is 6.67. The van der Waals surface area contributed by atoms with Gasteiger partial charge in [0.25, 0.3) is 0 Å². The van der Waals surface area contributed by atoms with Gasteiger partial charge in [-0.2, -0.15) is 0 Å². The first-order valence-electron chi connectivity index (χ1n) is 7.82. The lowest BCUT2D eigenvalue weighted by Crippen LogP contribution is -2.17. The third-order valence-corrected chi connectivity index (χ3v) is 4.87. The van der Waals surface area contributed by atoms with Gasteiger partial charge in [-0.1, -0.05) is 20.8 Å². The van der Waals surface area contributed by atoms with Crippen LogP contribution in [0.3, 0.4) is 0 Å².